The van der Waals surface area contributed by atoms with Crippen LogP contribution in [0.25, 0.3) is 0 Å². The minimum Gasteiger partial charge on any atom is -0.325 e. The lowest BCUT2D eigenvalue weighted by atomic mass is 9.72. The van der Waals surface area contributed by atoms with Crippen LogP contribution in [0.3, 0.4) is 0 Å². The van der Waals surface area contributed by atoms with Crippen molar-refractivity contribution < 1.29 is 0 Å². The van der Waals surface area contributed by atoms with Gasteiger partial charge in [0.15, 0.2) is 0 Å². The molecule has 82 valence electrons. The molecule has 1 nitrogen and oxygen atoms in total. The van der Waals surface area contributed by atoms with Crippen LogP contribution in [0.15, 0.2) is 0 Å². The average Bonchev–Trinajstić information content (AvgIpc) is 2.77. The van der Waals surface area contributed by atoms with Gasteiger partial charge in [-0.25, -0.2) is 0 Å². The zero-order valence-corrected chi connectivity index (χ0v) is 9.97. The molecule has 2 unspecified atom stereocenters. The smallest absolute Gasteiger partial charge is 0.0128 e. The van der Waals surface area contributed by atoms with Crippen LogP contribution in [0.5, 0.6) is 0 Å². The molecule has 2 aliphatic rings. The van der Waals surface area contributed by atoms with Crippen molar-refractivity contribution in [1.29, 1.82) is 0 Å². The molecule has 4 atom stereocenters. The molecule has 0 aliphatic heterocycles. The van der Waals surface area contributed by atoms with Crippen LogP contribution in [-0.2, 0) is 0 Å². The number of rotatable bonds is 1. The highest BCUT2D eigenvalue weighted by Gasteiger charge is 2.46. The van der Waals surface area contributed by atoms with Crippen LogP contribution in [0.4, 0.5) is 0 Å². The fourth-order valence-corrected chi connectivity index (χ4v) is 3.15. The summed E-state index contributed by atoms with van der Waals surface area (Å²) in [4.78, 5) is 0. The summed E-state index contributed by atoms with van der Waals surface area (Å²) in [5.74, 6) is 1.99. The molecule has 0 amide bonds. The van der Waals surface area contributed by atoms with Gasteiger partial charge in [0, 0.05) is 5.54 Å². The lowest BCUT2D eigenvalue weighted by Gasteiger charge is -2.36. The van der Waals surface area contributed by atoms with Crippen LogP contribution >= 0.6 is 0 Å². The quantitative estimate of drug-likeness (QED) is 0.682. The van der Waals surface area contributed by atoms with Gasteiger partial charge < -0.3 is 5.73 Å². The Balaban J connectivity index is 2.06. The normalized spacial score (nSPS) is 53.1. The Hall–Kier alpha value is -0.0400. The van der Waals surface area contributed by atoms with Gasteiger partial charge in [0.2, 0.25) is 0 Å². The number of hydrogen-bond acceptors (Lipinski definition) is 1. The van der Waals surface area contributed by atoms with Gasteiger partial charge in [0.25, 0.3) is 0 Å². The van der Waals surface area contributed by atoms with E-state index < -0.39 is 0 Å². The average molecular weight is 195 g/mol. The van der Waals surface area contributed by atoms with Crippen molar-refractivity contribution in [1.82, 2.24) is 0 Å². The molecule has 0 spiro atoms. The number of fused-ring (bicyclic) bond motifs is 1. The summed E-state index contributed by atoms with van der Waals surface area (Å²) in [7, 11) is 0. The van der Waals surface area contributed by atoms with Gasteiger partial charge in [-0.3, -0.25) is 0 Å². The van der Waals surface area contributed by atoms with E-state index in [1.807, 2.05) is 0 Å². The maximum absolute atomic E-state index is 6.34. The second-order valence-corrected chi connectivity index (χ2v) is 6.48. The highest BCUT2D eigenvalue weighted by atomic mass is 14.7. The van der Waals surface area contributed by atoms with E-state index in [1.54, 1.807) is 0 Å². The largest absolute Gasteiger partial charge is 0.325 e. The summed E-state index contributed by atoms with van der Waals surface area (Å²) in [5.41, 5.74) is 7.05. The molecule has 14 heavy (non-hydrogen) atoms. The van der Waals surface area contributed by atoms with Crippen LogP contribution in [0.1, 0.15) is 59.3 Å². The van der Waals surface area contributed by atoms with Crippen LogP contribution in [0, 0.1) is 17.3 Å². The molecular formula is C13H25N. The number of hydrogen-bond donors (Lipinski definition) is 1. The zero-order chi connectivity index (χ0) is 10.4. The van der Waals surface area contributed by atoms with Gasteiger partial charge in [0.1, 0.15) is 0 Å². The van der Waals surface area contributed by atoms with Gasteiger partial charge in [0.05, 0.1) is 0 Å². The zero-order valence-electron chi connectivity index (χ0n) is 9.97. The molecule has 0 bridgehead atoms. The van der Waals surface area contributed by atoms with Crippen molar-refractivity contribution in [2.75, 3.05) is 0 Å². The Morgan fingerprint density at radius 3 is 2.43 bits per heavy atom. The van der Waals surface area contributed by atoms with Crippen LogP contribution < -0.4 is 5.73 Å². The first kappa shape index (κ1) is 10.5. The van der Waals surface area contributed by atoms with Gasteiger partial charge in [-0.2, -0.15) is 0 Å². The van der Waals surface area contributed by atoms with Gasteiger partial charge >= 0.3 is 0 Å². The van der Waals surface area contributed by atoms with Crippen LogP contribution in [-0.4, -0.2) is 5.54 Å². The Morgan fingerprint density at radius 2 is 1.79 bits per heavy atom. The molecule has 2 aliphatic carbocycles. The topological polar surface area (TPSA) is 26.0 Å². The van der Waals surface area contributed by atoms with E-state index in [-0.39, 0.29) is 5.54 Å². The molecular weight excluding hydrogens is 170 g/mol. The summed E-state index contributed by atoms with van der Waals surface area (Å²) in [5, 5.41) is 0. The molecule has 1 heteroatoms. The van der Waals surface area contributed by atoms with E-state index in [4.69, 9.17) is 5.73 Å². The third kappa shape index (κ3) is 2.13. The lowest BCUT2D eigenvalue weighted by Crippen LogP contribution is -2.39. The maximum Gasteiger partial charge on any atom is 0.0128 e. The van der Waals surface area contributed by atoms with E-state index in [0.717, 1.165) is 11.8 Å². The molecule has 0 radical (unpaired) electrons. The van der Waals surface area contributed by atoms with Crippen molar-refractivity contribution in [2.24, 2.45) is 23.0 Å². The molecule has 2 saturated carbocycles. The molecule has 0 aromatic heterocycles. The van der Waals surface area contributed by atoms with Crippen molar-refractivity contribution in [3.8, 4) is 0 Å². The third-order valence-corrected chi connectivity index (χ3v) is 4.71. The van der Waals surface area contributed by atoms with Crippen molar-refractivity contribution >= 4 is 0 Å². The van der Waals surface area contributed by atoms with Crippen molar-refractivity contribution in [2.45, 2.75) is 64.8 Å². The molecule has 0 saturated heterocycles. The minimum atomic E-state index is 0.121. The fraction of sp³-hybridized carbons (Fsp3) is 1.00. The van der Waals surface area contributed by atoms with E-state index in [9.17, 15) is 0 Å². The van der Waals surface area contributed by atoms with E-state index in [2.05, 4.69) is 20.8 Å². The Morgan fingerprint density at radius 1 is 1.14 bits per heavy atom. The molecule has 2 rings (SSSR count). The van der Waals surface area contributed by atoms with E-state index >= 15 is 0 Å². The van der Waals surface area contributed by atoms with E-state index in [0.29, 0.717) is 5.41 Å². The first-order valence-electron chi connectivity index (χ1n) is 6.23. The first-order valence-corrected chi connectivity index (χ1v) is 6.23. The summed E-state index contributed by atoms with van der Waals surface area (Å²) < 4.78 is 0. The predicted octanol–water partition coefficient (Wildman–Crippen LogP) is 3.33. The molecule has 0 aromatic rings. The van der Waals surface area contributed by atoms with E-state index in [1.165, 1.54) is 38.5 Å². The fourth-order valence-electron chi connectivity index (χ4n) is 3.15. The standard InChI is InChI=1S/C13H25N/c1-4-12(2)5-6-13(3,14)9-11-7-10(11)8-12/h10-11H,4-9,14H2,1-3H3/t10-,11?,12?,13+/m0/s1. The minimum absolute atomic E-state index is 0.121. The number of nitrogens with two attached hydrogens (primary N) is 1. The second kappa shape index (κ2) is 3.23. The third-order valence-electron chi connectivity index (χ3n) is 4.71. The Bertz CT molecular complexity index is 221. The van der Waals surface area contributed by atoms with Crippen molar-refractivity contribution in [3.63, 3.8) is 0 Å². The maximum atomic E-state index is 6.34. The lowest BCUT2D eigenvalue weighted by molar-refractivity contribution is 0.184. The summed E-state index contributed by atoms with van der Waals surface area (Å²) >= 11 is 0. The molecule has 2 N–H and O–H groups in total. The van der Waals surface area contributed by atoms with Gasteiger partial charge in [-0.15, -0.1) is 0 Å². The predicted molar refractivity (Wildman–Crippen MR) is 61.1 cm³/mol. The summed E-state index contributed by atoms with van der Waals surface area (Å²) in [6, 6.07) is 0. The van der Waals surface area contributed by atoms with Gasteiger partial charge in [-0.05, 0) is 56.3 Å². The SMILES string of the molecule is CCC1(C)CC[C@@](C)(N)CC2C[C@H]2C1. The first-order chi connectivity index (χ1) is 6.44. The van der Waals surface area contributed by atoms with Crippen molar-refractivity contribution in [3.05, 3.63) is 0 Å². The molecule has 2 fully saturated rings. The Kier molecular flexibility index (Phi) is 2.42. The molecule has 0 aromatic carbocycles. The highest BCUT2D eigenvalue weighted by Crippen LogP contribution is 2.54. The molecule has 0 heterocycles. The highest BCUT2D eigenvalue weighted by molar-refractivity contribution is 4.99. The second-order valence-electron chi connectivity index (χ2n) is 6.48. The summed E-state index contributed by atoms with van der Waals surface area (Å²) in [6.07, 6.45) is 8.08. The monoisotopic (exact) mass is 195 g/mol. The van der Waals surface area contributed by atoms with Crippen LogP contribution in [0.2, 0.25) is 0 Å². The Labute approximate surface area is 88.4 Å². The summed E-state index contributed by atoms with van der Waals surface area (Å²) in [6.45, 7) is 7.06. The van der Waals surface area contributed by atoms with Gasteiger partial charge in [-0.1, -0.05) is 20.3 Å².